The third-order valence-electron chi connectivity index (χ3n) is 4.06. The molecule has 1 rings (SSSR count). The molecule has 0 aliphatic heterocycles. The number of alkyl halides is 3. The molecule has 1 saturated carbocycles. The van der Waals surface area contributed by atoms with Crippen molar-refractivity contribution < 1.29 is 18.0 Å². The van der Waals surface area contributed by atoms with E-state index in [1.807, 2.05) is 6.92 Å². The lowest BCUT2D eigenvalue weighted by Crippen LogP contribution is -2.38. The molecule has 0 saturated heterocycles. The van der Waals surface area contributed by atoms with Gasteiger partial charge in [0.1, 0.15) is 0 Å². The molecule has 6 heteroatoms. The molecule has 0 aromatic heterocycles. The van der Waals surface area contributed by atoms with Crippen molar-refractivity contribution in [2.24, 2.45) is 17.6 Å². The van der Waals surface area contributed by atoms with E-state index in [-0.39, 0.29) is 24.3 Å². The van der Waals surface area contributed by atoms with Crippen LogP contribution >= 0.6 is 0 Å². The summed E-state index contributed by atoms with van der Waals surface area (Å²) in [4.78, 5) is 11.9. The third-order valence-corrected chi connectivity index (χ3v) is 4.06. The van der Waals surface area contributed by atoms with E-state index in [1.54, 1.807) is 0 Å². The van der Waals surface area contributed by atoms with Gasteiger partial charge in [0.25, 0.3) is 0 Å². The van der Waals surface area contributed by atoms with Crippen LogP contribution in [0.5, 0.6) is 0 Å². The van der Waals surface area contributed by atoms with Crippen LogP contribution in [0.15, 0.2) is 0 Å². The normalized spacial score (nSPS) is 25.2. The predicted molar refractivity (Wildman–Crippen MR) is 72.0 cm³/mol. The Morgan fingerprint density at radius 3 is 2.65 bits per heavy atom. The molecule has 3 N–H and O–H groups in total. The summed E-state index contributed by atoms with van der Waals surface area (Å²) in [5, 5.41) is 2.73. The van der Waals surface area contributed by atoms with Crippen LogP contribution < -0.4 is 11.1 Å². The molecule has 0 aromatic rings. The Bertz CT molecular complexity index is 307. The molecule has 0 aromatic carbocycles. The quantitative estimate of drug-likeness (QED) is 0.740. The van der Waals surface area contributed by atoms with Gasteiger partial charge in [0.2, 0.25) is 5.91 Å². The number of rotatable bonds is 6. The highest BCUT2D eigenvalue weighted by Crippen LogP contribution is 2.29. The van der Waals surface area contributed by atoms with E-state index < -0.39 is 12.6 Å². The fourth-order valence-corrected chi connectivity index (χ4v) is 2.76. The predicted octanol–water partition coefficient (Wildman–Crippen LogP) is 2.99. The van der Waals surface area contributed by atoms with Crippen LogP contribution in [0, 0.1) is 11.8 Å². The molecular weight excluding hydrogens is 269 g/mol. The molecule has 20 heavy (non-hydrogen) atoms. The Labute approximate surface area is 118 Å². The Morgan fingerprint density at radius 1 is 1.35 bits per heavy atom. The first-order valence-corrected chi connectivity index (χ1v) is 7.39. The van der Waals surface area contributed by atoms with E-state index in [0.29, 0.717) is 18.9 Å². The van der Waals surface area contributed by atoms with Crippen LogP contribution in [0.2, 0.25) is 0 Å². The molecule has 3 atom stereocenters. The summed E-state index contributed by atoms with van der Waals surface area (Å²) >= 11 is 0. The smallest absolute Gasteiger partial charge is 0.356 e. The van der Waals surface area contributed by atoms with E-state index >= 15 is 0 Å². The van der Waals surface area contributed by atoms with Gasteiger partial charge >= 0.3 is 6.18 Å². The third kappa shape index (κ3) is 6.59. The molecular formula is C14H25F3N2O. The number of nitrogens with one attached hydrogen (secondary N) is 1. The van der Waals surface area contributed by atoms with Crippen LogP contribution in [0.4, 0.5) is 13.2 Å². The van der Waals surface area contributed by atoms with Gasteiger partial charge < -0.3 is 11.1 Å². The Hall–Kier alpha value is -0.780. The zero-order chi connectivity index (χ0) is 15.2. The molecule has 0 radical (unpaired) electrons. The lowest BCUT2D eigenvalue weighted by atomic mass is 9.78. The number of unbranched alkanes of at least 4 members (excludes halogenated alkanes) is 1. The monoisotopic (exact) mass is 294 g/mol. The van der Waals surface area contributed by atoms with Gasteiger partial charge in [0, 0.05) is 24.9 Å². The second-order valence-electron chi connectivity index (χ2n) is 5.84. The van der Waals surface area contributed by atoms with Crippen molar-refractivity contribution in [3.8, 4) is 0 Å². The molecule has 3 nitrogen and oxygen atoms in total. The van der Waals surface area contributed by atoms with Gasteiger partial charge in [-0.1, -0.05) is 13.3 Å². The van der Waals surface area contributed by atoms with Gasteiger partial charge in [-0.2, -0.15) is 13.2 Å². The Kier molecular flexibility index (Phi) is 6.79. The lowest BCUT2D eigenvalue weighted by molar-refractivity contribution is -0.135. The largest absolute Gasteiger partial charge is 0.389 e. The molecule has 0 bridgehead atoms. The van der Waals surface area contributed by atoms with Gasteiger partial charge in [-0.05, 0) is 38.0 Å². The van der Waals surface area contributed by atoms with Crippen molar-refractivity contribution in [1.82, 2.24) is 5.32 Å². The van der Waals surface area contributed by atoms with Crippen molar-refractivity contribution in [2.45, 2.75) is 64.1 Å². The minimum atomic E-state index is -4.10. The standard InChI is InChI=1S/C14H25F3N2O/c1-10(11-5-4-6-12(18)9-11)13(20)19-8-3-2-7-14(15,16)17/h10-12H,2-9,18H2,1H3,(H,19,20). The number of hydrogen-bond acceptors (Lipinski definition) is 2. The van der Waals surface area contributed by atoms with Crippen LogP contribution in [0.1, 0.15) is 51.9 Å². The van der Waals surface area contributed by atoms with Crippen molar-refractivity contribution in [3.05, 3.63) is 0 Å². The summed E-state index contributed by atoms with van der Waals surface area (Å²) in [6, 6.07) is 0.177. The molecule has 118 valence electrons. The molecule has 3 unspecified atom stereocenters. The fourth-order valence-electron chi connectivity index (χ4n) is 2.76. The SMILES string of the molecule is CC(C(=O)NCCCCC(F)(F)F)C1CCCC(N)C1. The lowest BCUT2D eigenvalue weighted by Gasteiger charge is -2.30. The average molecular weight is 294 g/mol. The van der Waals surface area contributed by atoms with E-state index in [1.165, 1.54) is 0 Å². The zero-order valence-corrected chi connectivity index (χ0v) is 12.0. The highest BCUT2D eigenvalue weighted by Gasteiger charge is 2.28. The summed E-state index contributed by atoms with van der Waals surface area (Å²) in [5.41, 5.74) is 5.91. The first-order chi connectivity index (χ1) is 9.29. The van der Waals surface area contributed by atoms with Crippen LogP contribution in [-0.4, -0.2) is 24.7 Å². The topological polar surface area (TPSA) is 55.1 Å². The molecule has 0 spiro atoms. The van der Waals surface area contributed by atoms with E-state index in [9.17, 15) is 18.0 Å². The summed E-state index contributed by atoms with van der Waals surface area (Å²) in [6.07, 6.45) is -0.517. The Balaban J connectivity index is 2.18. The molecule has 1 aliphatic carbocycles. The number of hydrogen-bond donors (Lipinski definition) is 2. The van der Waals surface area contributed by atoms with Crippen molar-refractivity contribution in [3.63, 3.8) is 0 Å². The van der Waals surface area contributed by atoms with Crippen molar-refractivity contribution in [2.75, 3.05) is 6.54 Å². The number of carbonyl (C=O) groups excluding carboxylic acids is 1. The van der Waals surface area contributed by atoms with Crippen LogP contribution in [-0.2, 0) is 4.79 Å². The van der Waals surface area contributed by atoms with Crippen LogP contribution in [0.25, 0.3) is 0 Å². The summed E-state index contributed by atoms with van der Waals surface area (Å²) in [6.45, 7) is 2.20. The van der Waals surface area contributed by atoms with Gasteiger partial charge in [0.05, 0.1) is 0 Å². The number of amides is 1. The zero-order valence-electron chi connectivity index (χ0n) is 12.0. The summed E-state index contributed by atoms with van der Waals surface area (Å²) < 4.78 is 35.9. The average Bonchev–Trinajstić information content (AvgIpc) is 2.36. The minimum absolute atomic E-state index is 0.0592. The summed E-state index contributed by atoms with van der Waals surface area (Å²) in [7, 11) is 0. The second kappa shape index (κ2) is 7.86. The number of carbonyl (C=O) groups is 1. The van der Waals surface area contributed by atoms with Crippen molar-refractivity contribution >= 4 is 5.91 Å². The van der Waals surface area contributed by atoms with E-state index in [0.717, 1.165) is 25.7 Å². The van der Waals surface area contributed by atoms with Gasteiger partial charge in [-0.25, -0.2) is 0 Å². The van der Waals surface area contributed by atoms with E-state index in [2.05, 4.69) is 5.32 Å². The van der Waals surface area contributed by atoms with Gasteiger partial charge in [0.15, 0.2) is 0 Å². The highest BCUT2D eigenvalue weighted by molar-refractivity contribution is 5.78. The maximum atomic E-state index is 12.0. The highest BCUT2D eigenvalue weighted by atomic mass is 19.4. The van der Waals surface area contributed by atoms with E-state index in [4.69, 9.17) is 5.73 Å². The molecule has 1 aliphatic rings. The molecule has 1 amide bonds. The second-order valence-corrected chi connectivity index (χ2v) is 5.84. The maximum absolute atomic E-state index is 12.0. The number of nitrogens with two attached hydrogens (primary N) is 1. The Morgan fingerprint density at radius 2 is 2.05 bits per heavy atom. The van der Waals surface area contributed by atoms with Crippen LogP contribution in [0.3, 0.4) is 0 Å². The molecule has 1 fully saturated rings. The number of halogens is 3. The maximum Gasteiger partial charge on any atom is 0.389 e. The first kappa shape index (κ1) is 17.3. The van der Waals surface area contributed by atoms with Gasteiger partial charge in [-0.15, -0.1) is 0 Å². The first-order valence-electron chi connectivity index (χ1n) is 7.39. The van der Waals surface area contributed by atoms with Crippen molar-refractivity contribution in [1.29, 1.82) is 0 Å². The van der Waals surface area contributed by atoms with Gasteiger partial charge in [-0.3, -0.25) is 4.79 Å². The fraction of sp³-hybridized carbons (Fsp3) is 0.929. The summed E-state index contributed by atoms with van der Waals surface area (Å²) in [5.74, 6) is 0.133. The minimum Gasteiger partial charge on any atom is -0.356 e. The molecule has 0 heterocycles.